The van der Waals surface area contributed by atoms with Gasteiger partial charge in [-0.15, -0.1) is 0 Å². The highest BCUT2D eigenvalue weighted by atomic mass is 79.9. The van der Waals surface area contributed by atoms with Crippen LogP contribution in [0.3, 0.4) is 0 Å². The maximum Gasteiger partial charge on any atom is 0.272 e. The molecule has 0 heterocycles. The summed E-state index contributed by atoms with van der Waals surface area (Å²) in [5.41, 5.74) is 1.35. The number of alkyl halides is 4. The van der Waals surface area contributed by atoms with Gasteiger partial charge >= 0.3 is 0 Å². The van der Waals surface area contributed by atoms with Gasteiger partial charge in [0.15, 0.2) is 0 Å². The molecule has 2 rings (SSSR count). The molecule has 156 valence electrons. The van der Waals surface area contributed by atoms with Crippen LogP contribution in [-0.4, -0.2) is 35.5 Å². The Balaban J connectivity index is 2.30. The molecule has 0 saturated heterocycles. The molecular weight excluding hydrogens is 489 g/mol. The van der Waals surface area contributed by atoms with Crippen molar-refractivity contribution in [2.24, 2.45) is 11.3 Å². The summed E-state index contributed by atoms with van der Waals surface area (Å²) in [6, 6.07) is -0.175. The van der Waals surface area contributed by atoms with Crippen LogP contribution in [0.15, 0.2) is 12.2 Å². The summed E-state index contributed by atoms with van der Waals surface area (Å²) in [5, 5.41) is 3.80. The van der Waals surface area contributed by atoms with E-state index in [0.29, 0.717) is 22.5 Å². The molecule has 1 saturated carbocycles. The van der Waals surface area contributed by atoms with Crippen molar-refractivity contribution in [3.63, 3.8) is 0 Å². The summed E-state index contributed by atoms with van der Waals surface area (Å²) in [6.45, 7) is 13.7. The summed E-state index contributed by atoms with van der Waals surface area (Å²) >= 11 is 20.9. The molecule has 8 heteroatoms. The number of hydrogen-bond donors (Lipinski definition) is 1. The van der Waals surface area contributed by atoms with E-state index in [9.17, 15) is 4.79 Å². The van der Waals surface area contributed by atoms with Gasteiger partial charge in [-0.05, 0) is 29.0 Å². The van der Waals surface area contributed by atoms with E-state index in [1.807, 2.05) is 6.08 Å². The highest BCUT2D eigenvalue weighted by Crippen LogP contribution is 2.63. The van der Waals surface area contributed by atoms with E-state index in [4.69, 9.17) is 39.2 Å². The predicted molar refractivity (Wildman–Crippen MR) is 122 cm³/mol. The Hall–Kier alpha value is 0.737. The van der Waals surface area contributed by atoms with E-state index in [1.165, 1.54) is 0 Å². The highest BCUT2D eigenvalue weighted by Gasteiger charge is 2.66. The molecular formula is C19H31BrCl3NO2Si. The fourth-order valence-corrected chi connectivity index (χ4v) is 11.8. The lowest BCUT2D eigenvalue weighted by Gasteiger charge is -2.45. The Kier molecular flexibility index (Phi) is 7.53. The second-order valence-electron chi connectivity index (χ2n) is 8.86. The van der Waals surface area contributed by atoms with Crippen molar-refractivity contribution in [1.82, 2.24) is 5.32 Å². The minimum absolute atomic E-state index is 0.0143. The molecule has 1 amide bonds. The first-order chi connectivity index (χ1) is 12.3. The van der Waals surface area contributed by atoms with E-state index >= 15 is 0 Å². The molecule has 0 aromatic carbocycles. The van der Waals surface area contributed by atoms with Crippen molar-refractivity contribution < 1.29 is 9.22 Å². The van der Waals surface area contributed by atoms with Crippen LogP contribution in [-0.2, 0) is 9.22 Å². The number of amides is 1. The number of hydrogen-bond acceptors (Lipinski definition) is 2. The minimum Gasteiger partial charge on any atom is -0.409 e. The van der Waals surface area contributed by atoms with Gasteiger partial charge in [-0.2, -0.15) is 0 Å². The number of rotatable bonds is 7. The number of carbonyl (C=O) groups is 1. The zero-order valence-electron chi connectivity index (χ0n) is 16.9. The van der Waals surface area contributed by atoms with Crippen LogP contribution in [0.1, 0.15) is 48.0 Å². The van der Waals surface area contributed by atoms with E-state index in [1.54, 1.807) is 0 Å². The summed E-state index contributed by atoms with van der Waals surface area (Å²) in [7, 11) is -2.05. The summed E-state index contributed by atoms with van der Waals surface area (Å²) in [5.74, 6) is -0.154. The minimum atomic E-state index is -2.05. The van der Waals surface area contributed by atoms with Crippen LogP contribution in [0.5, 0.6) is 0 Å². The van der Waals surface area contributed by atoms with Gasteiger partial charge in [-0.1, -0.05) is 104 Å². The Morgan fingerprint density at radius 3 is 2.07 bits per heavy atom. The SMILES string of the molecule is CC(C)[Si](O[C@H]1C=C[C@@H](NC(=O)C(Cl)(Cl)Cl)[C@]12C[C@H]2CBr)(C(C)C)C(C)C. The first-order valence-electron chi connectivity index (χ1n) is 9.63. The van der Waals surface area contributed by atoms with Crippen molar-refractivity contribution in [2.45, 2.75) is 80.5 Å². The third-order valence-electron chi connectivity index (χ3n) is 6.56. The van der Waals surface area contributed by atoms with Crippen molar-refractivity contribution in [3.8, 4) is 0 Å². The normalized spacial score (nSPS) is 30.8. The van der Waals surface area contributed by atoms with Gasteiger partial charge in [-0.25, -0.2) is 0 Å². The molecule has 0 aromatic heterocycles. The number of carbonyl (C=O) groups excluding carboxylic acids is 1. The molecule has 0 radical (unpaired) electrons. The van der Waals surface area contributed by atoms with Crippen molar-refractivity contribution in [3.05, 3.63) is 12.2 Å². The van der Waals surface area contributed by atoms with Gasteiger partial charge in [0.2, 0.25) is 8.32 Å². The average molecular weight is 520 g/mol. The molecule has 0 aromatic rings. The van der Waals surface area contributed by atoms with Crippen molar-refractivity contribution in [1.29, 1.82) is 0 Å². The molecule has 4 atom stereocenters. The molecule has 3 nitrogen and oxygen atoms in total. The second kappa shape index (κ2) is 8.47. The Labute approximate surface area is 188 Å². The molecule has 1 spiro atoms. The second-order valence-corrected chi connectivity index (χ2v) is 17.2. The zero-order chi connectivity index (χ0) is 20.8. The van der Waals surface area contributed by atoms with Gasteiger partial charge in [0, 0.05) is 10.7 Å². The fraction of sp³-hybridized carbons (Fsp3) is 0.842. The van der Waals surface area contributed by atoms with Gasteiger partial charge in [-0.3, -0.25) is 4.79 Å². The van der Waals surface area contributed by atoms with Crippen molar-refractivity contribution in [2.75, 3.05) is 5.33 Å². The quantitative estimate of drug-likeness (QED) is 0.241. The van der Waals surface area contributed by atoms with Crippen molar-refractivity contribution >= 4 is 65.0 Å². The van der Waals surface area contributed by atoms with Gasteiger partial charge < -0.3 is 9.74 Å². The van der Waals surface area contributed by atoms with E-state index in [2.05, 4.69) is 68.9 Å². The molecule has 0 aliphatic heterocycles. The molecule has 0 bridgehead atoms. The summed E-state index contributed by atoms with van der Waals surface area (Å²) in [6.07, 6.45) is 5.13. The van der Waals surface area contributed by atoms with E-state index in [-0.39, 0.29) is 17.6 Å². The molecule has 1 fully saturated rings. The fourth-order valence-electron chi connectivity index (χ4n) is 5.23. The Morgan fingerprint density at radius 2 is 1.70 bits per heavy atom. The Morgan fingerprint density at radius 1 is 1.19 bits per heavy atom. The van der Waals surface area contributed by atoms with Crippen LogP contribution in [0.25, 0.3) is 0 Å². The van der Waals surface area contributed by atoms with Crippen LogP contribution in [0.4, 0.5) is 0 Å². The summed E-state index contributed by atoms with van der Waals surface area (Å²) in [4.78, 5) is 12.3. The maximum atomic E-state index is 12.3. The molecule has 2 aliphatic rings. The number of nitrogens with one attached hydrogen (secondary N) is 1. The molecule has 1 N–H and O–H groups in total. The van der Waals surface area contributed by atoms with Crippen LogP contribution in [0.2, 0.25) is 16.6 Å². The first-order valence-corrected chi connectivity index (χ1v) is 14.0. The van der Waals surface area contributed by atoms with E-state index < -0.39 is 18.0 Å². The van der Waals surface area contributed by atoms with Gasteiger partial charge in [0.1, 0.15) is 0 Å². The van der Waals surface area contributed by atoms with Gasteiger partial charge in [0.05, 0.1) is 12.1 Å². The maximum absolute atomic E-state index is 12.3. The van der Waals surface area contributed by atoms with Crippen LogP contribution in [0, 0.1) is 11.3 Å². The van der Waals surface area contributed by atoms with Gasteiger partial charge in [0.25, 0.3) is 9.70 Å². The lowest BCUT2D eigenvalue weighted by molar-refractivity contribution is -0.121. The summed E-state index contributed by atoms with van der Waals surface area (Å²) < 4.78 is 5.11. The largest absolute Gasteiger partial charge is 0.409 e. The monoisotopic (exact) mass is 517 g/mol. The third kappa shape index (κ3) is 4.29. The Bertz CT molecular complexity index is 572. The molecule has 0 unspecified atom stereocenters. The lowest BCUT2D eigenvalue weighted by Crippen LogP contribution is -2.53. The van der Waals surface area contributed by atoms with Crippen LogP contribution < -0.4 is 5.32 Å². The first kappa shape index (κ1) is 24.0. The van der Waals surface area contributed by atoms with E-state index in [0.717, 1.165) is 11.8 Å². The zero-order valence-corrected chi connectivity index (χ0v) is 21.7. The highest BCUT2D eigenvalue weighted by molar-refractivity contribution is 9.09. The topological polar surface area (TPSA) is 38.3 Å². The lowest BCUT2D eigenvalue weighted by atomic mass is 9.94. The number of halogens is 4. The van der Waals surface area contributed by atoms with Crippen LogP contribution >= 0.6 is 50.7 Å². The smallest absolute Gasteiger partial charge is 0.272 e. The predicted octanol–water partition coefficient (Wildman–Crippen LogP) is 6.37. The standard InChI is InChI=1S/C19H31BrCl3NO2Si/c1-11(2)27(12(3)4,13(5)6)26-16-8-7-15(18(16)9-14(18)10-20)24-17(25)19(21,22)23/h7-8,11-16H,9-10H2,1-6H3,(H,24,25)/t14-,15+,16-,18+/m0/s1. The molecule has 27 heavy (non-hydrogen) atoms. The third-order valence-corrected chi connectivity index (χ3v) is 13.9. The molecule has 2 aliphatic carbocycles. The average Bonchev–Trinajstić information content (AvgIpc) is 3.17.